The van der Waals surface area contributed by atoms with Gasteiger partial charge in [0, 0.05) is 12.6 Å². The van der Waals surface area contributed by atoms with E-state index in [-0.39, 0.29) is 30.7 Å². The second-order valence-electron chi connectivity index (χ2n) is 5.81. The Morgan fingerprint density at radius 1 is 1.12 bits per heavy atom. The Morgan fingerprint density at radius 3 is 2.64 bits per heavy atom. The van der Waals surface area contributed by atoms with Crippen LogP contribution in [0.2, 0.25) is 0 Å². The van der Waals surface area contributed by atoms with Crippen LogP contribution < -0.4 is 9.64 Å². The first-order valence-corrected chi connectivity index (χ1v) is 7.83. The van der Waals surface area contributed by atoms with Gasteiger partial charge in [-0.05, 0) is 24.3 Å². The number of methoxy groups -OCH3 is 1. The van der Waals surface area contributed by atoms with Crippen molar-refractivity contribution in [2.24, 2.45) is 0 Å². The number of ether oxygens (including phenoxy) is 1. The zero-order chi connectivity index (χ0) is 18.0. The molecule has 0 N–H and O–H groups in total. The number of hydrogen-bond donors (Lipinski definition) is 0. The molecule has 0 saturated heterocycles. The highest BCUT2D eigenvalue weighted by Crippen LogP contribution is 2.25. The van der Waals surface area contributed by atoms with E-state index in [1.165, 1.54) is 16.9 Å². The fourth-order valence-corrected chi connectivity index (χ4v) is 2.79. The van der Waals surface area contributed by atoms with Crippen molar-refractivity contribution in [2.45, 2.75) is 0 Å². The molecule has 1 heterocycles. The van der Waals surface area contributed by atoms with Crippen LogP contribution >= 0.6 is 0 Å². The number of rotatable bonds is 4. The second kappa shape index (κ2) is 6.76. The summed E-state index contributed by atoms with van der Waals surface area (Å²) in [4.78, 5) is 40.4. The van der Waals surface area contributed by atoms with Crippen LogP contribution in [0.25, 0.3) is 0 Å². The molecule has 1 aliphatic rings. The van der Waals surface area contributed by atoms with Gasteiger partial charge in [0.15, 0.2) is 5.78 Å². The van der Waals surface area contributed by atoms with Gasteiger partial charge in [-0.2, -0.15) is 0 Å². The third-order valence-corrected chi connectivity index (χ3v) is 4.14. The van der Waals surface area contributed by atoms with E-state index in [0.29, 0.717) is 22.6 Å². The Kier molecular flexibility index (Phi) is 4.52. The van der Waals surface area contributed by atoms with Crippen molar-refractivity contribution < 1.29 is 19.1 Å². The molecule has 2 aromatic rings. The summed E-state index contributed by atoms with van der Waals surface area (Å²) in [6.45, 7) is -0.205. The number of hydrogen-bond acceptors (Lipinski definition) is 4. The van der Waals surface area contributed by atoms with Gasteiger partial charge < -0.3 is 14.5 Å². The molecule has 0 aliphatic carbocycles. The number of nitrogens with zero attached hydrogens (tertiary/aromatic N) is 2. The molecule has 0 atom stereocenters. The molecule has 0 spiro atoms. The summed E-state index contributed by atoms with van der Waals surface area (Å²) < 4.78 is 5.14. The number of para-hydroxylation sites is 1. The molecule has 1 aliphatic heterocycles. The van der Waals surface area contributed by atoms with Gasteiger partial charge in [-0.25, -0.2) is 0 Å². The molecular formula is C19H18N2O4. The number of benzene rings is 2. The van der Waals surface area contributed by atoms with Gasteiger partial charge in [-0.3, -0.25) is 14.4 Å². The van der Waals surface area contributed by atoms with E-state index in [1.54, 1.807) is 55.6 Å². The fourth-order valence-electron chi connectivity index (χ4n) is 2.79. The van der Waals surface area contributed by atoms with E-state index in [2.05, 4.69) is 0 Å². The van der Waals surface area contributed by atoms with Crippen molar-refractivity contribution >= 4 is 23.3 Å². The highest BCUT2D eigenvalue weighted by molar-refractivity contribution is 6.12. The molecule has 0 unspecified atom stereocenters. The molecule has 2 aromatic carbocycles. The number of amides is 2. The standard InChI is InChI=1S/C19H18N2O4/c1-20-12-18(23)21(16-9-4-3-8-15(16)19(20)24)11-17(22)13-6-5-7-14(10-13)25-2/h3-10H,11-12H2,1-2H3. The van der Waals surface area contributed by atoms with Gasteiger partial charge >= 0.3 is 0 Å². The minimum absolute atomic E-state index is 0.0705. The lowest BCUT2D eigenvalue weighted by Crippen LogP contribution is -2.40. The normalized spacial score (nSPS) is 14.2. The zero-order valence-corrected chi connectivity index (χ0v) is 14.1. The molecule has 6 nitrogen and oxygen atoms in total. The molecule has 3 rings (SSSR count). The van der Waals surface area contributed by atoms with Gasteiger partial charge in [0.05, 0.1) is 24.9 Å². The predicted octanol–water partition coefficient (Wildman–Crippen LogP) is 2.00. The van der Waals surface area contributed by atoms with Crippen molar-refractivity contribution in [3.05, 3.63) is 59.7 Å². The number of carbonyl (C=O) groups excluding carboxylic acids is 3. The molecule has 25 heavy (non-hydrogen) atoms. The first-order chi connectivity index (χ1) is 12.0. The summed E-state index contributed by atoms with van der Waals surface area (Å²) in [7, 11) is 3.10. The van der Waals surface area contributed by atoms with Crippen LogP contribution in [0.1, 0.15) is 20.7 Å². The molecular weight excluding hydrogens is 320 g/mol. The van der Waals surface area contributed by atoms with Crippen molar-refractivity contribution in [2.75, 3.05) is 32.1 Å². The number of fused-ring (bicyclic) bond motifs is 1. The summed E-state index contributed by atoms with van der Waals surface area (Å²) in [5, 5.41) is 0. The Morgan fingerprint density at radius 2 is 1.88 bits per heavy atom. The SMILES string of the molecule is COc1cccc(C(=O)CN2C(=O)CN(C)C(=O)c3ccccc32)c1. The van der Waals surface area contributed by atoms with E-state index in [1.807, 2.05) is 0 Å². The van der Waals surface area contributed by atoms with E-state index in [9.17, 15) is 14.4 Å². The first kappa shape index (κ1) is 16.7. The number of likely N-dealkylation sites (N-methyl/N-ethyl adjacent to an activating group) is 1. The zero-order valence-electron chi connectivity index (χ0n) is 14.1. The largest absolute Gasteiger partial charge is 0.497 e. The summed E-state index contributed by atoms with van der Waals surface area (Å²) in [6, 6.07) is 13.6. The molecule has 0 saturated carbocycles. The maximum atomic E-state index is 12.7. The molecule has 6 heteroatoms. The molecule has 2 amide bonds. The Hall–Kier alpha value is -3.15. The van der Waals surface area contributed by atoms with E-state index in [4.69, 9.17) is 4.74 Å². The van der Waals surface area contributed by atoms with Crippen molar-refractivity contribution in [1.82, 2.24) is 4.90 Å². The van der Waals surface area contributed by atoms with Crippen LogP contribution in [-0.2, 0) is 4.79 Å². The van der Waals surface area contributed by atoms with Crippen LogP contribution in [0.5, 0.6) is 5.75 Å². The van der Waals surface area contributed by atoms with Crippen molar-refractivity contribution in [3.63, 3.8) is 0 Å². The van der Waals surface area contributed by atoms with Crippen LogP contribution in [0.3, 0.4) is 0 Å². The van der Waals surface area contributed by atoms with E-state index < -0.39 is 0 Å². The van der Waals surface area contributed by atoms with Crippen LogP contribution in [-0.4, -0.2) is 49.7 Å². The molecule has 0 aromatic heterocycles. The molecule has 128 valence electrons. The van der Waals surface area contributed by atoms with Crippen molar-refractivity contribution in [3.8, 4) is 5.75 Å². The Balaban J connectivity index is 1.95. The van der Waals surface area contributed by atoms with Crippen LogP contribution in [0, 0.1) is 0 Å². The lowest BCUT2D eigenvalue weighted by atomic mass is 10.1. The smallest absolute Gasteiger partial charge is 0.256 e. The van der Waals surface area contributed by atoms with E-state index in [0.717, 1.165) is 0 Å². The van der Waals surface area contributed by atoms with Crippen molar-refractivity contribution in [1.29, 1.82) is 0 Å². The predicted molar refractivity (Wildman–Crippen MR) is 93.1 cm³/mol. The van der Waals surface area contributed by atoms with Gasteiger partial charge in [-0.1, -0.05) is 24.3 Å². The number of anilines is 1. The van der Waals surface area contributed by atoms with Gasteiger partial charge in [-0.15, -0.1) is 0 Å². The number of ketones is 1. The summed E-state index contributed by atoms with van der Waals surface area (Å²) in [6.07, 6.45) is 0. The van der Waals surface area contributed by atoms with Gasteiger partial charge in [0.1, 0.15) is 12.3 Å². The Labute approximate surface area is 145 Å². The Bertz CT molecular complexity index is 847. The quantitative estimate of drug-likeness (QED) is 0.800. The summed E-state index contributed by atoms with van der Waals surface area (Å²) in [5.41, 5.74) is 1.32. The van der Waals surface area contributed by atoms with Crippen LogP contribution in [0.4, 0.5) is 5.69 Å². The third kappa shape index (κ3) is 3.24. The average Bonchev–Trinajstić information content (AvgIpc) is 2.72. The van der Waals surface area contributed by atoms with E-state index >= 15 is 0 Å². The molecule has 0 fully saturated rings. The second-order valence-corrected chi connectivity index (χ2v) is 5.81. The average molecular weight is 338 g/mol. The molecule has 0 radical (unpaired) electrons. The highest BCUT2D eigenvalue weighted by atomic mass is 16.5. The monoisotopic (exact) mass is 338 g/mol. The van der Waals surface area contributed by atoms with Gasteiger partial charge in [0.2, 0.25) is 5.91 Å². The maximum Gasteiger partial charge on any atom is 0.256 e. The maximum absolute atomic E-state index is 12.7. The number of carbonyl (C=O) groups is 3. The third-order valence-electron chi connectivity index (χ3n) is 4.14. The fraction of sp³-hybridized carbons (Fsp3) is 0.211. The first-order valence-electron chi connectivity index (χ1n) is 7.83. The number of Topliss-reactive ketones (excluding diaryl/α,β-unsaturated/α-hetero) is 1. The minimum atomic E-state index is -0.294. The lowest BCUT2D eigenvalue weighted by molar-refractivity contribution is -0.118. The summed E-state index contributed by atoms with van der Waals surface area (Å²) in [5.74, 6) is -0.181. The highest BCUT2D eigenvalue weighted by Gasteiger charge is 2.30. The lowest BCUT2D eigenvalue weighted by Gasteiger charge is -2.21. The minimum Gasteiger partial charge on any atom is -0.497 e. The van der Waals surface area contributed by atoms with Crippen LogP contribution in [0.15, 0.2) is 48.5 Å². The summed E-state index contributed by atoms with van der Waals surface area (Å²) >= 11 is 0. The molecule has 0 bridgehead atoms. The topological polar surface area (TPSA) is 66.9 Å². The van der Waals surface area contributed by atoms with Gasteiger partial charge in [0.25, 0.3) is 5.91 Å².